The van der Waals surface area contributed by atoms with Gasteiger partial charge in [0.25, 0.3) is 0 Å². The zero-order chi connectivity index (χ0) is 11.5. The smallest absolute Gasteiger partial charge is 0.157 e. The molecule has 6 heteroatoms. The molecule has 0 radical (unpaired) electrons. The standard InChI is InChI=1S/C10H10Br2N4/c1-13-3-7-2-8(11)4-14-10(7)16-6-9(12)5-15-16/h2,4-6,13H,3H2,1H3. The van der Waals surface area contributed by atoms with E-state index in [1.807, 2.05) is 19.3 Å². The molecule has 0 aromatic carbocycles. The lowest BCUT2D eigenvalue weighted by atomic mass is 10.2. The van der Waals surface area contributed by atoms with Crippen molar-refractivity contribution in [2.24, 2.45) is 0 Å². The molecule has 0 unspecified atom stereocenters. The number of nitrogens with zero attached hydrogens (tertiary/aromatic N) is 3. The zero-order valence-electron chi connectivity index (χ0n) is 8.61. The monoisotopic (exact) mass is 344 g/mol. The zero-order valence-corrected chi connectivity index (χ0v) is 11.8. The Balaban J connectivity index is 2.47. The quantitative estimate of drug-likeness (QED) is 0.929. The molecule has 0 fully saturated rings. The topological polar surface area (TPSA) is 42.7 Å². The molecular formula is C10H10Br2N4. The second-order valence-electron chi connectivity index (χ2n) is 3.27. The molecular weight excluding hydrogens is 336 g/mol. The van der Waals surface area contributed by atoms with E-state index >= 15 is 0 Å². The Morgan fingerprint density at radius 1 is 1.31 bits per heavy atom. The summed E-state index contributed by atoms with van der Waals surface area (Å²) in [5, 5.41) is 7.34. The minimum absolute atomic E-state index is 0.749. The van der Waals surface area contributed by atoms with Gasteiger partial charge in [0.15, 0.2) is 5.82 Å². The molecule has 0 aliphatic carbocycles. The molecule has 0 saturated heterocycles. The molecule has 1 N–H and O–H groups in total. The summed E-state index contributed by atoms with van der Waals surface area (Å²) in [5.41, 5.74) is 1.09. The molecule has 0 atom stereocenters. The first-order valence-corrected chi connectivity index (χ1v) is 6.29. The first-order valence-electron chi connectivity index (χ1n) is 4.70. The fourth-order valence-corrected chi connectivity index (χ4v) is 2.08. The predicted molar refractivity (Wildman–Crippen MR) is 69.5 cm³/mol. The van der Waals surface area contributed by atoms with E-state index in [4.69, 9.17) is 0 Å². The van der Waals surface area contributed by atoms with Crippen LogP contribution in [-0.4, -0.2) is 21.8 Å². The van der Waals surface area contributed by atoms with Crippen molar-refractivity contribution < 1.29 is 0 Å². The molecule has 2 rings (SSSR count). The van der Waals surface area contributed by atoms with Gasteiger partial charge in [-0.2, -0.15) is 5.10 Å². The second-order valence-corrected chi connectivity index (χ2v) is 5.10. The van der Waals surface area contributed by atoms with Crippen LogP contribution in [0.5, 0.6) is 0 Å². The van der Waals surface area contributed by atoms with Crippen LogP contribution in [-0.2, 0) is 6.54 Å². The van der Waals surface area contributed by atoms with E-state index in [0.717, 1.165) is 26.9 Å². The van der Waals surface area contributed by atoms with Crippen molar-refractivity contribution in [2.75, 3.05) is 7.05 Å². The summed E-state index contributed by atoms with van der Waals surface area (Å²) in [6.07, 6.45) is 5.40. The first kappa shape index (κ1) is 11.8. The predicted octanol–water partition coefficient (Wildman–Crippen LogP) is 2.51. The van der Waals surface area contributed by atoms with Gasteiger partial charge in [-0.15, -0.1) is 0 Å². The van der Waals surface area contributed by atoms with Crippen LogP contribution in [0, 0.1) is 0 Å². The normalized spacial score (nSPS) is 10.7. The van der Waals surface area contributed by atoms with Gasteiger partial charge < -0.3 is 5.32 Å². The maximum absolute atomic E-state index is 4.37. The van der Waals surface area contributed by atoms with Gasteiger partial charge in [-0.25, -0.2) is 9.67 Å². The number of halogens is 2. The molecule has 0 aliphatic heterocycles. The molecule has 2 aromatic rings. The van der Waals surface area contributed by atoms with E-state index in [1.54, 1.807) is 17.1 Å². The van der Waals surface area contributed by atoms with E-state index in [-0.39, 0.29) is 0 Å². The molecule has 84 valence electrons. The van der Waals surface area contributed by atoms with Crippen molar-refractivity contribution >= 4 is 31.9 Å². The number of aromatic nitrogens is 3. The average Bonchev–Trinajstić information content (AvgIpc) is 2.65. The highest BCUT2D eigenvalue weighted by molar-refractivity contribution is 9.10. The van der Waals surface area contributed by atoms with Crippen LogP contribution in [0.25, 0.3) is 5.82 Å². The van der Waals surface area contributed by atoms with Crippen LogP contribution >= 0.6 is 31.9 Å². The van der Waals surface area contributed by atoms with Gasteiger partial charge in [-0.05, 0) is 45.0 Å². The van der Waals surface area contributed by atoms with Crippen molar-refractivity contribution in [3.8, 4) is 5.82 Å². The Bertz CT molecular complexity index is 495. The van der Waals surface area contributed by atoms with Crippen LogP contribution in [0.4, 0.5) is 0 Å². The van der Waals surface area contributed by atoms with Crippen molar-refractivity contribution in [1.82, 2.24) is 20.1 Å². The summed E-state index contributed by atoms with van der Waals surface area (Å²) < 4.78 is 3.66. The van der Waals surface area contributed by atoms with Crippen molar-refractivity contribution in [3.05, 3.63) is 39.2 Å². The first-order chi connectivity index (χ1) is 7.70. The lowest BCUT2D eigenvalue weighted by molar-refractivity contribution is 0.770. The molecule has 0 spiro atoms. The molecule has 0 bridgehead atoms. The summed E-state index contributed by atoms with van der Waals surface area (Å²) >= 11 is 6.79. The molecule has 0 amide bonds. The summed E-state index contributed by atoms with van der Waals surface area (Å²) in [4.78, 5) is 4.37. The number of nitrogens with one attached hydrogen (secondary N) is 1. The maximum Gasteiger partial charge on any atom is 0.157 e. The van der Waals surface area contributed by atoms with Gasteiger partial charge in [-0.3, -0.25) is 0 Å². The summed E-state index contributed by atoms with van der Waals surface area (Å²) in [6, 6.07) is 2.04. The highest BCUT2D eigenvalue weighted by Gasteiger charge is 2.07. The van der Waals surface area contributed by atoms with Crippen LogP contribution < -0.4 is 5.32 Å². The molecule has 2 heterocycles. The fraction of sp³-hybridized carbons (Fsp3) is 0.200. The number of rotatable bonds is 3. The van der Waals surface area contributed by atoms with E-state index in [9.17, 15) is 0 Å². The van der Waals surface area contributed by atoms with Crippen LogP contribution in [0.15, 0.2) is 33.6 Å². The highest BCUT2D eigenvalue weighted by atomic mass is 79.9. The van der Waals surface area contributed by atoms with E-state index in [0.29, 0.717) is 0 Å². The van der Waals surface area contributed by atoms with Crippen molar-refractivity contribution in [2.45, 2.75) is 6.54 Å². The van der Waals surface area contributed by atoms with Gasteiger partial charge >= 0.3 is 0 Å². The summed E-state index contributed by atoms with van der Waals surface area (Å²) in [5.74, 6) is 0.836. The summed E-state index contributed by atoms with van der Waals surface area (Å²) in [6.45, 7) is 0.749. The van der Waals surface area contributed by atoms with Crippen LogP contribution in [0.2, 0.25) is 0 Å². The van der Waals surface area contributed by atoms with Gasteiger partial charge in [0.1, 0.15) is 0 Å². The van der Waals surface area contributed by atoms with E-state index in [1.165, 1.54) is 0 Å². The third-order valence-electron chi connectivity index (χ3n) is 2.04. The molecule has 0 saturated carbocycles. The Hall–Kier alpha value is -0.720. The van der Waals surface area contributed by atoms with Crippen LogP contribution in [0.3, 0.4) is 0 Å². The Kier molecular flexibility index (Phi) is 3.73. The average molecular weight is 346 g/mol. The van der Waals surface area contributed by atoms with Gasteiger partial charge in [0.2, 0.25) is 0 Å². The van der Waals surface area contributed by atoms with Crippen molar-refractivity contribution in [3.63, 3.8) is 0 Å². The van der Waals surface area contributed by atoms with Gasteiger partial charge in [0, 0.05) is 29.0 Å². The number of pyridine rings is 1. The number of hydrogen-bond acceptors (Lipinski definition) is 3. The largest absolute Gasteiger partial charge is 0.316 e. The van der Waals surface area contributed by atoms with E-state index in [2.05, 4.69) is 47.3 Å². The molecule has 16 heavy (non-hydrogen) atoms. The van der Waals surface area contributed by atoms with E-state index < -0.39 is 0 Å². The number of hydrogen-bond donors (Lipinski definition) is 1. The van der Waals surface area contributed by atoms with Gasteiger partial charge in [-0.1, -0.05) is 0 Å². The fourth-order valence-electron chi connectivity index (χ4n) is 1.42. The highest BCUT2D eigenvalue weighted by Crippen LogP contribution is 2.18. The molecule has 2 aromatic heterocycles. The lowest BCUT2D eigenvalue weighted by Crippen LogP contribution is -2.10. The van der Waals surface area contributed by atoms with Crippen molar-refractivity contribution in [1.29, 1.82) is 0 Å². The SMILES string of the molecule is CNCc1cc(Br)cnc1-n1cc(Br)cn1. The second kappa shape index (κ2) is 5.07. The Morgan fingerprint density at radius 3 is 2.75 bits per heavy atom. The third-order valence-corrected chi connectivity index (χ3v) is 2.89. The lowest BCUT2D eigenvalue weighted by Gasteiger charge is -2.08. The minimum atomic E-state index is 0.749. The summed E-state index contributed by atoms with van der Waals surface area (Å²) in [7, 11) is 1.91. The Labute approximate surface area is 110 Å². The minimum Gasteiger partial charge on any atom is -0.316 e. The Morgan fingerprint density at radius 2 is 2.12 bits per heavy atom. The maximum atomic E-state index is 4.37. The molecule has 0 aliphatic rings. The third kappa shape index (κ3) is 2.50. The molecule has 4 nitrogen and oxygen atoms in total. The van der Waals surface area contributed by atoms with Crippen LogP contribution in [0.1, 0.15) is 5.56 Å². The van der Waals surface area contributed by atoms with Gasteiger partial charge in [0.05, 0.1) is 10.7 Å².